The average Bonchev–Trinajstić information content (AvgIpc) is 3.07. The number of nitrogens with one attached hydrogen (secondary N) is 1. The Morgan fingerprint density at radius 2 is 2.15 bits per heavy atom. The highest BCUT2D eigenvalue weighted by atomic mass is 16.3. The first kappa shape index (κ1) is 11.5. The fraction of sp³-hybridized carbons (Fsp3) is 0.250. The van der Waals surface area contributed by atoms with Crippen molar-refractivity contribution in [3.05, 3.63) is 35.7 Å². The normalized spacial score (nSPS) is 15.2. The number of hydrogen-bond acceptors (Lipinski definition) is 3. The van der Waals surface area contributed by atoms with Crippen molar-refractivity contribution in [2.45, 2.75) is 19.8 Å². The summed E-state index contributed by atoms with van der Waals surface area (Å²) in [5.74, 6) is 0.329. The predicted octanol–water partition coefficient (Wildman–Crippen LogP) is 3.31. The number of aromatic hydroxyl groups is 1. The van der Waals surface area contributed by atoms with Gasteiger partial charge in [0.05, 0.1) is 11.2 Å². The van der Waals surface area contributed by atoms with Crippen molar-refractivity contribution in [3.63, 3.8) is 0 Å². The number of nitrogens with zero attached hydrogens (tertiary/aromatic N) is 2. The molecule has 4 heteroatoms. The molecule has 1 aliphatic heterocycles. The van der Waals surface area contributed by atoms with E-state index in [9.17, 15) is 5.11 Å². The minimum atomic E-state index is 0.329. The van der Waals surface area contributed by atoms with Crippen LogP contribution in [0.1, 0.15) is 24.1 Å². The number of aromatic nitrogens is 2. The molecule has 0 unspecified atom stereocenters. The zero-order valence-corrected chi connectivity index (χ0v) is 11.3. The van der Waals surface area contributed by atoms with E-state index in [0.29, 0.717) is 5.75 Å². The second-order valence-electron chi connectivity index (χ2n) is 5.32. The number of benzene rings is 1. The molecule has 0 saturated heterocycles. The van der Waals surface area contributed by atoms with Crippen LogP contribution in [0.15, 0.2) is 29.4 Å². The molecule has 3 heterocycles. The number of rotatable bonds is 1. The lowest BCUT2D eigenvalue weighted by Crippen LogP contribution is -2.00. The summed E-state index contributed by atoms with van der Waals surface area (Å²) in [5, 5.41) is 12.0. The maximum atomic E-state index is 9.92. The number of phenolic OH excluding ortho intramolecular Hbond substituents is 1. The zero-order chi connectivity index (χ0) is 13.7. The molecule has 4 nitrogen and oxygen atoms in total. The summed E-state index contributed by atoms with van der Waals surface area (Å²) in [4.78, 5) is 12.5. The third-order valence-electron chi connectivity index (χ3n) is 3.98. The first-order valence-corrected chi connectivity index (χ1v) is 6.88. The van der Waals surface area contributed by atoms with Gasteiger partial charge in [-0.25, -0.2) is 0 Å². The standard InChI is InChI=1S/C16H15N3O/c1-9-7-13-11(8-14(9)20)10-4-6-18-16(15(10)19-13)12-3-2-5-17-12/h4,6-8,19-20H,2-3,5H2,1H3. The summed E-state index contributed by atoms with van der Waals surface area (Å²) in [6, 6.07) is 5.79. The molecule has 0 spiro atoms. The van der Waals surface area contributed by atoms with Gasteiger partial charge in [-0.3, -0.25) is 9.98 Å². The molecular weight excluding hydrogens is 250 g/mol. The van der Waals surface area contributed by atoms with Gasteiger partial charge in [0.1, 0.15) is 11.4 Å². The summed E-state index contributed by atoms with van der Waals surface area (Å²) in [5.41, 5.74) is 4.96. The predicted molar refractivity (Wildman–Crippen MR) is 80.6 cm³/mol. The smallest absolute Gasteiger partial charge is 0.119 e. The maximum absolute atomic E-state index is 9.92. The lowest BCUT2D eigenvalue weighted by molar-refractivity contribution is 0.472. The summed E-state index contributed by atoms with van der Waals surface area (Å²) < 4.78 is 0. The van der Waals surface area contributed by atoms with E-state index < -0.39 is 0 Å². The van der Waals surface area contributed by atoms with Crippen molar-refractivity contribution in [2.24, 2.45) is 4.99 Å². The highest BCUT2D eigenvalue weighted by molar-refractivity contribution is 6.16. The van der Waals surface area contributed by atoms with Crippen LogP contribution in [0.4, 0.5) is 0 Å². The van der Waals surface area contributed by atoms with Crippen molar-refractivity contribution in [3.8, 4) is 5.75 Å². The Morgan fingerprint density at radius 1 is 1.25 bits per heavy atom. The van der Waals surface area contributed by atoms with Gasteiger partial charge in [0.2, 0.25) is 0 Å². The highest BCUT2D eigenvalue weighted by Gasteiger charge is 2.16. The average molecular weight is 265 g/mol. The van der Waals surface area contributed by atoms with Gasteiger partial charge < -0.3 is 10.1 Å². The summed E-state index contributed by atoms with van der Waals surface area (Å²) in [6.07, 6.45) is 3.92. The lowest BCUT2D eigenvalue weighted by atomic mass is 10.1. The van der Waals surface area contributed by atoms with E-state index in [4.69, 9.17) is 0 Å². The summed E-state index contributed by atoms with van der Waals surface area (Å²) >= 11 is 0. The number of phenols is 1. The van der Waals surface area contributed by atoms with E-state index >= 15 is 0 Å². The van der Waals surface area contributed by atoms with Gasteiger partial charge in [-0.15, -0.1) is 0 Å². The van der Waals surface area contributed by atoms with Crippen LogP contribution >= 0.6 is 0 Å². The van der Waals surface area contributed by atoms with Crippen LogP contribution in [0, 0.1) is 6.92 Å². The van der Waals surface area contributed by atoms with E-state index in [0.717, 1.165) is 58.2 Å². The van der Waals surface area contributed by atoms with E-state index in [1.807, 2.05) is 31.3 Å². The minimum Gasteiger partial charge on any atom is -0.508 e. The second-order valence-corrected chi connectivity index (χ2v) is 5.32. The van der Waals surface area contributed by atoms with Gasteiger partial charge in [0, 0.05) is 29.0 Å². The molecule has 0 radical (unpaired) electrons. The van der Waals surface area contributed by atoms with Gasteiger partial charge in [-0.1, -0.05) is 0 Å². The Kier molecular flexibility index (Phi) is 2.33. The largest absolute Gasteiger partial charge is 0.508 e. The lowest BCUT2D eigenvalue weighted by Gasteiger charge is -2.01. The van der Waals surface area contributed by atoms with Gasteiger partial charge in [-0.2, -0.15) is 0 Å². The van der Waals surface area contributed by atoms with Crippen LogP contribution in [-0.2, 0) is 0 Å². The third kappa shape index (κ3) is 1.54. The van der Waals surface area contributed by atoms with Crippen LogP contribution in [0.5, 0.6) is 5.75 Å². The van der Waals surface area contributed by atoms with Crippen molar-refractivity contribution in [1.29, 1.82) is 0 Å². The molecule has 0 saturated carbocycles. The molecule has 2 N–H and O–H groups in total. The van der Waals surface area contributed by atoms with Gasteiger partial charge in [0.25, 0.3) is 0 Å². The molecule has 1 aromatic carbocycles. The molecule has 0 amide bonds. The van der Waals surface area contributed by atoms with Gasteiger partial charge >= 0.3 is 0 Å². The Hall–Kier alpha value is -2.36. The fourth-order valence-electron chi connectivity index (χ4n) is 2.92. The Bertz CT molecular complexity index is 861. The van der Waals surface area contributed by atoms with E-state index in [2.05, 4.69) is 15.0 Å². The molecule has 100 valence electrons. The SMILES string of the molecule is Cc1cc2[nH]c3c(C4=NCCC4)nccc3c2cc1O. The number of pyridine rings is 1. The maximum Gasteiger partial charge on any atom is 0.119 e. The zero-order valence-electron chi connectivity index (χ0n) is 11.3. The molecule has 20 heavy (non-hydrogen) atoms. The van der Waals surface area contributed by atoms with Crippen LogP contribution in [0.25, 0.3) is 21.8 Å². The topological polar surface area (TPSA) is 61.3 Å². The van der Waals surface area contributed by atoms with Crippen molar-refractivity contribution in [2.75, 3.05) is 6.54 Å². The molecule has 0 aliphatic carbocycles. The molecule has 0 atom stereocenters. The Morgan fingerprint density at radius 3 is 2.95 bits per heavy atom. The molecule has 3 aromatic rings. The van der Waals surface area contributed by atoms with E-state index in [1.165, 1.54) is 0 Å². The Balaban J connectivity index is 2.08. The molecular formula is C16H15N3O. The monoisotopic (exact) mass is 265 g/mol. The van der Waals surface area contributed by atoms with Gasteiger partial charge in [-0.05, 0) is 43.5 Å². The van der Waals surface area contributed by atoms with Crippen LogP contribution in [-0.4, -0.2) is 27.3 Å². The van der Waals surface area contributed by atoms with Crippen LogP contribution in [0.3, 0.4) is 0 Å². The molecule has 0 bridgehead atoms. The third-order valence-corrected chi connectivity index (χ3v) is 3.98. The minimum absolute atomic E-state index is 0.329. The molecule has 2 aromatic heterocycles. The highest BCUT2D eigenvalue weighted by Crippen LogP contribution is 2.32. The van der Waals surface area contributed by atoms with Gasteiger partial charge in [0.15, 0.2) is 0 Å². The molecule has 4 rings (SSSR count). The number of H-pyrrole nitrogens is 1. The fourth-order valence-corrected chi connectivity index (χ4v) is 2.92. The first-order chi connectivity index (χ1) is 9.74. The van der Waals surface area contributed by atoms with Crippen LogP contribution in [0.2, 0.25) is 0 Å². The van der Waals surface area contributed by atoms with E-state index in [1.54, 1.807) is 0 Å². The number of hydrogen-bond donors (Lipinski definition) is 2. The first-order valence-electron chi connectivity index (χ1n) is 6.88. The number of aliphatic imine (C=N–C) groups is 1. The number of aromatic amines is 1. The quantitative estimate of drug-likeness (QED) is 0.709. The van der Waals surface area contributed by atoms with Crippen molar-refractivity contribution < 1.29 is 5.11 Å². The summed E-state index contributed by atoms with van der Waals surface area (Å²) in [6.45, 7) is 2.80. The van der Waals surface area contributed by atoms with Crippen LogP contribution < -0.4 is 0 Å². The number of fused-ring (bicyclic) bond motifs is 3. The Labute approximate surface area is 116 Å². The van der Waals surface area contributed by atoms with Crippen molar-refractivity contribution in [1.82, 2.24) is 9.97 Å². The number of aryl methyl sites for hydroxylation is 1. The second kappa shape index (κ2) is 4.07. The van der Waals surface area contributed by atoms with Crippen molar-refractivity contribution >= 4 is 27.5 Å². The summed E-state index contributed by atoms with van der Waals surface area (Å²) in [7, 11) is 0. The van der Waals surface area contributed by atoms with E-state index in [-0.39, 0.29) is 0 Å². The molecule has 1 aliphatic rings. The molecule has 0 fully saturated rings.